The molecule has 0 spiro atoms. The molecule has 0 aromatic heterocycles. The average Bonchev–Trinajstić information content (AvgIpc) is 2.76. The number of allylic oxidation sites excluding steroid dienone is 3. The van der Waals surface area contributed by atoms with Crippen LogP contribution in [0, 0.1) is 34.5 Å². The molecular formula is C19H28O2. The first-order valence-corrected chi connectivity index (χ1v) is 8.69. The molecule has 2 N–H and O–H groups in total. The van der Waals surface area contributed by atoms with Gasteiger partial charge in [-0.3, -0.25) is 0 Å². The molecule has 0 aromatic rings. The van der Waals surface area contributed by atoms with Crippen molar-refractivity contribution in [3.63, 3.8) is 0 Å². The molecular weight excluding hydrogens is 260 g/mol. The fourth-order valence-electron chi connectivity index (χ4n) is 6.14. The van der Waals surface area contributed by atoms with Gasteiger partial charge in [-0.05, 0) is 66.6 Å². The van der Waals surface area contributed by atoms with Gasteiger partial charge in [-0.1, -0.05) is 38.2 Å². The van der Waals surface area contributed by atoms with Crippen molar-refractivity contribution in [3.05, 3.63) is 24.3 Å². The molecule has 4 aliphatic rings. The minimum Gasteiger partial charge on any atom is -0.393 e. The highest BCUT2D eigenvalue weighted by Gasteiger charge is 2.58. The summed E-state index contributed by atoms with van der Waals surface area (Å²) in [6, 6.07) is 0. The molecule has 2 saturated carbocycles. The molecule has 4 aliphatic carbocycles. The highest BCUT2D eigenvalue weighted by atomic mass is 16.3. The van der Waals surface area contributed by atoms with Gasteiger partial charge in [0.1, 0.15) is 0 Å². The normalized spacial score (nSPS) is 58.5. The molecule has 2 heteroatoms. The van der Waals surface area contributed by atoms with Crippen molar-refractivity contribution in [1.29, 1.82) is 0 Å². The molecule has 0 heterocycles. The van der Waals surface area contributed by atoms with Crippen molar-refractivity contribution in [3.8, 4) is 0 Å². The van der Waals surface area contributed by atoms with E-state index in [1.807, 2.05) is 6.08 Å². The second-order valence-electron chi connectivity index (χ2n) is 8.45. The zero-order valence-electron chi connectivity index (χ0n) is 13.2. The second kappa shape index (κ2) is 4.45. The van der Waals surface area contributed by atoms with Crippen molar-refractivity contribution in [2.24, 2.45) is 34.5 Å². The molecule has 4 rings (SSSR count). The van der Waals surface area contributed by atoms with Crippen LogP contribution in [0.15, 0.2) is 24.3 Å². The topological polar surface area (TPSA) is 40.5 Å². The first kappa shape index (κ1) is 14.0. The zero-order chi connectivity index (χ0) is 14.8. The monoisotopic (exact) mass is 288 g/mol. The number of fused-ring (bicyclic) bond motifs is 5. The van der Waals surface area contributed by atoms with Crippen LogP contribution >= 0.6 is 0 Å². The summed E-state index contributed by atoms with van der Waals surface area (Å²) in [6.45, 7) is 4.71. The average molecular weight is 288 g/mol. The maximum Gasteiger partial charge on any atom is 0.0727 e. The van der Waals surface area contributed by atoms with Gasteiger partial charge in [0.2, 0.25) is 0 Å². The Morgan fingerprint density at radius 3 is 2.57 bits per heavy atom. The van der Waals surface area contributed by atoms with Crippen LogP contribution in [-0.2, 0) is 0 Å². The van der Waals surface area contributed by atoms with E-state index in [-0.39, 0.29) is 23.0 Å². The minimum absolute atomic E-state index is 0.105. The number of aliphatic hydroxyl groups is 2. The van der Waals surface area contributed by atoms with Gasteiger partial charge in [0.05, 0.1) is 12.2 Å². The lowest BCUT2D eigenvalue weighted by Crippen LogP contribution is -2.51. The summed E-state index contributed by atoms with van der Waals surface area (Å²) in [5.41, 5.74) is 0.333. The predicted octanol–water partition coefficient (Wildman–Crippen LogP) is 3.30. The standard InChI is InChI=1S/C19H28O2/c1-18-9-7-13(20)11-12(18)3-4-14-15-5-6-17(21)19(15,2)10-8-16(14)18/h3-4,7,9,12-17,20-21H,5-6,8,10-11H2,1-2H3/t12-,13+,14+,15+,16+,17+,18+,19+/m1/s1. The summed E-state index contributed by atoms with van der Waals surface area (Å²) in [5.74, 6) is 2.41. The minimum atomic E-state index is -0.272. The second-order valence-corrected chi connectivity index (χ2v) is 8.45. The van der Waals surface area contributed by atoms with E-state index < -0.39 is 0 Å². The van der Waals surface area contributed by atoms with Gasteiger partial charge < -0.3 is 10.2 Å². The molecule has 0 bridgehead atoms. The maximum atomic E-state index is 10.4. The number of hydrogen-bond donors (Lipinski definition) is 2. The van der Waals surface area contributed by atoms with Crippen LogP contribution < -0.4 is 0 Å². The lowest BCUT2D eigenvalue weighted by molar-refractivity contribution is -0.0584. The summed E-state index contributed by atoms with van der Waals surface area (Å²) >= 11 is 0. The molecule has 116 valence electrons. The van der Waals surface area contributed by atoms with Crippen molar-refractivity contribution < 1.29 is 10.2 Å². The van der Waals surface area contributed by atoms with Gasteiger partial charge in [-0.2, -0.15) is 0 Å². The summed E-state index contributed by atoms with van der Waals surface area (Å²) in [6.07, 6.45) is 14.2. The first-order chi connectivity index (χ1) is 9.95. The molecule has 21 heavy (non-hydrogen) atoms. The Hall–Kier alpha value is -0.600. The molecule has 0 amide bonds. The van der Waals surface area contributed by atoms with E-state index in [4.69, 9.17) is 0 Å². The van der Waals surface area contributed by atoms with Gasteiger partial charge in [0.25, 0.3) is 0 Å². The van der Waals surface area contributed by atoms with Crippen molar-refractivity contribution in [1.82, 2.24) is 0 Å². The molecule has 8 atom stereocenters. The molecule has 0 aromatic carbocycles. The van der Waals surface area contributed by atoms with E-state index in [1.54, 1.807) is 0 Å². The van der Waals surface area contributed by atoms with E-state index in [0.29, 0.717) is 23.7 Å². The Kier molecular flexibility index (Phi) is 2.97. The molecule has 0 aliphatic heterocycles. The zero-order valence-corrected chi connectivity index (χ0v) is 13.2. The molecule has 2 fully saturated rings. The SMILES string of the molecule is C[C@]12C=C[C@H](O)C[C@H]1C=C[C@@H]1[C@@H]2CC[C@]2(C)[C@@H](O)CC[C@@H]12. The van der Waals surface area contributed by atoms with Gasteiger partial charge >= 0.3 is 0 Å². The van der Waals surface area contributed by atoms with E-state index in [9.17, 15) is 10.2 Å². The highest BCUT2D eigenvalue weighted by Crippen LogP contribution is 2.63. The quantitative estimate of drug-likeness (QED) is 0.671. The van der Waals surface area contributed by atoms with E-state index in [1.165, 1.54) is 12.8 Å². The van der Waals surface area contributed by atoms with Crippen LogP contribution in [0.4, 0.5) is 0 Å². The summed E-state index contributed by atoms with van der Waals surface area (Å²) in [7, 11) is 0. The number of aliphatic hydroxyl groups excluding tert-OH is 2. The van der Waals surface area contributed by atoms with Crippen LogP contribution in [-0.4, -0.2) is 22.4 Å². The molecule has 0 unspecified atom stereocenters. The lowest BCUT2D eigenvalue weighted by atomic mass is 9.48. The van der Waals surface area contributed by atoms with E-state index in [2.05, 4.69) is 32.1 Å². The Balaban J connectivity index is 1.71. The Labute approximate surface area is 127 Å². The van der Waals surface area contributed by atoms with Gasteiger partial charge in [0.15, 0.2) is 0 Å². The van der Waals surface area contributed by atoms with Crippen molar-refractivity contribution >= 4 is 0 Å². The summed E-state index contributed by atoms with van der Waals surface area (Å²) in [4.78, 5) is 0. The number of rotatable bonds is 0. The van der Waals surface area contributed by atoms with Crippen LogP contribution in [0.3, 0.4) is 0 Å². The van der Waals surface area contributed by atoms with Crippen LogP contribution in [0.2, 0.25) is 0 Å². The molecule has 0 radical (unpaired) electrons. The Bertz CT molecular complexity index is 496. The third-order valence-electron chi connectivity index (χ3n) is 7.62. The van der Waals surface area contributed by atoms with Crippen molar-refractivity contribution in [2.75, 3.05) is 0 Å². The highest BCUT2D eigenvalue weighted by molar-refractivity contribution is 5.24. The van der Waals surface area contributed by atoms with Crippen LogP contribution in [0.1, 0.15) is 46.0 Å². The van der Waals surface area contributed by atoms with Gasteiger partial charge in [0, 0.05) is 0 Å². The van der Waals surface area contributed by atoms with Crippen molar-refractivity contribution in [2.45, 2.75) is 58.2 Å². The maximum absolute atomic E-state index is 10.4. The first-order valence-electron chi connectivity index (χ1n) is 8.69. The predicted molar refractivity (Wildman–Crippen MR) is 83.6 cm³/mol. The molecule has 2 nitrogen and oxygen atoms in total. The lowest BCUT2D eigenvalue weighted by Gasteiger charge is -2.56. The smallest absolute Gasteiger partial charge is 0.0727 e. The fourth-order valence-corrected chi connectivity index (χ4v) is 6.14. The van der Waals surface area contributed by atoms with Crippen LogP contribution in [0.25, 0.3) is 0 Å². The molecule has 0 saturated heterocycles. The third kappa shape index (κ3) is 1.78. The number of hydrogen-bond acceptors (Lipinski definition) is 2. The Morgan fingerprint density at radius 2 is 1.76 bits per heavy atom. The third-order valence-corrected chi connectivity index (χ3v) is 7.62. The Morgan fingerprint density at radius 1 is 0.952 bits per heavy atom. The summed E-state index contributed by atoms with van der Waals surface area (Å²) < 4.78 is 0. The van der Waals surface area contributed by atoms with E-state index >= 15 is 0 Å². The van der Waals surface area contributed by atoms with E-state index in [0.717, 1.165) is 19.3 Å². The van der Waals surface area contributed by atoms with Gasteiger partial charge in [-0.25, -0.2) is 0 Å². The summed E-state index contributed by atoms with van der Waals surface area (Å²) in [5, 5.41) is 20.4. The largest absolute Gasteiger partial charge is 0.393 e. The fraction of sp³-hybridized carbons (Fsp3) is 0.789. The van der Waals surface area contributed by atoms with Crippen LogP contribution in [0.5, 0.6) is 0 Å². The van der Waals surface area contributed by atoms with Gasteiger partial charge in [-0.15, -0.1) is 0 Å².